The summed E-state index contributed by atoms with van der Waals surface area (Å²) >= 11 is 0. The van der Waals surface area contributed by atoms with Gasteiger partial charge in [0.25, 0.3) is 0 Å². The fourth-order valence-corrected chi connectivity index (χ4v) is 1.71. The molecule has 0 aliphatic heterocycles. The zero-order chi connectivity index (χ0) is 14.4. The van der Waals surface area contributed by atoms with Crippen molar-refractivity contribution in [2.75, 3.05) is 5.32 Å². The van der Waals surface area contributed by atoms with Crippen LogP contribution in [0.5, 0.6) is 0 Å². The van der Waals surface area contributed by atoms with Crippen LogP contribution in [0, 0.1) is 18.3 Å². The molecule has 2 aromatic rings. The number of hydrogen-bond acceptors (Lipinski definition) is 2. The van der Waals surface area contributed by atoms with Gasteiger partial charge in [-0.15, -0.1) is 0 Å². The van der Waals surface area contributed by atoms with Gasteiger partial charge in [-0.3, -0.25) is 4.79 Å². The molecular formula is C17H14N2O. The van der Waals surface area contributed by atoms with Gasteiger partial charge >= 0.3 is 0 Å². The number of nitrogens with zero attached hydrogens (tertiary/aromatic N) is 1. The van der Waals surface area contributed by atoms with E-state index < -0.39 is 0 Å². The van der Waals surface area contributed by atoms with Gasteiger partial charge in [-0.25, -0.2) is 0 Å². The van der Waals surface area contributed by atoms with Crippen LogP contribution in [-0.4, -0.2) is 5.91 Å². The number of hydrogen-bond donors (Lipinski definition) is 1. The van der Waals surface area contributed by atoms with Gasteiger partial charge in [-0.1, -0.05) is 42.0 Å². The topological polar surface area (TPSA) is 52.9 Å². The lowest BCUT2D eigenvalue weighted by Crippen LogP contribution is -2.08. The zero-order valence-electron chi connectivity index (χ0n) is 11.1. The molecule has 0 fully saturated rings. The van der Waals surface area contributed by atoms with E-state index in [4.69, 9.17) is 5.26 Å². The van der Waals surface area contributed by atoms with Crippen LogP contribution >= 0.6 is 0 Å². The van der Waals surface area contributed by atoms with Gasteiger partial charge in [0, 0.05) is 6.08 Å². The highest BCUT2D eigenvalue weighted by Crippen LogP contribution is 2.13. The van der Waals surface area contributed by atoms with Crippen LogP contribution in [0.2, 0.25) is 0 Å². The number of amides is 1. The maximum absolute atomic E-state index is 11.8. The first kappa shape index (κ1) is 13.6. The van der Waals surface area contributed by atoms with Crippen LogP contribution in [0.1, 0.15) is 16.7 Å². The summed E-state index contributed by atoms with van der Waals surface area (Å²) in [7, 11) is 0. The second-order valence-corrected chi connectivity index (χ2v) is 4.39. The van der Waals surface area contributed by atoms with E-state index in [1.165, 1.54) is 11.6 Å². The lowest BCUT2D eigenvalue weighted by atomic mass is 10.1. The van der Waals surface area contributed by atoms with Crippen LogP contribution in [-0.2, 0) is 4.79 Å². The van der Waals surface area contributed by atoms with Gasteiger partial charge in [0.05, 0.1) is 11.3 Å². The normalized spacial score (nSPS) is 10.2. The largest absolute Gasteiger partial charge is 0.321 e. The molecule has 0 aliphatic rings. The molecule has 0 heterocycles. The van der Waals surface area contributed by atoms with Crippen molar-refractivity contribution in [3.63, 3.8) is 0 Å². The van der Waals surface area contributed by atoms with Gasteiger partial charge in [-0.2, -0.15) is 5.26 Å². The number of aryl methyl sites for hydroxylation is 1. The fourth-order valence-electron chi connectivity index (χ4n) is 1.71. The average molecular weight is 262 g/mol. The zero-order valence-corrected chi connectivity index (χ0v) is 11.1. The Morgan fingerprint density at radius 2 is 1.85 bits per heavy atom. The molecule has 2 aromatic carbocycles. The minimum Gasteiger partial charge on any atom is -0.321 e. The number of carbonyl (C=O) groups is 1. The monoisotopic (exact) mass is 262 g/mol. The Morgan fingerprint density at radius 1 is 1.15 bits per heavy atom. The standard InChI is InChI=1S/C17H14N2O/c1-13-6-8-14(9-7-13)10-11-17(20)19-16-5-3-2-4-15(16)12-18/h2-11H,1H3,(H,19,20)/b11-10+. The van der Waals surface area contributed by atoms with Crippen LogP contribution in [0.25, 0.3) is 6.08 Å². The maximum Gasteiger partial charge on any atom is 0.248 e. The van der Waals surface area contributed by atoms with Gasteiger partial charge < -0.3 is 5.32 Å². The summed E-state index contributed by atoms with van der Waals surface area (Å²) < 4.78 is 0. The van der Waals surface area contributed by atoms with Crippen molar-refractivity contribution in [3.05, 3.63) is 71.3 Å². The minimum absolute atomic E-state index is 0.256. The van der Waals surface area contributed by atoms with Crippen LogP contribution in [0.3, 0.4) is 0 Å². The molecule has 0 bridgehead atoms. The Hall–Kier alpha value is -2.86. The summed E-state index contributed by atoms with van der Waals surface area (Å²) in [4.78, 5) is 11.8. The number of para-hydroxylation sites is 1. The van der Waals surface area contributed by atoms with E-state index in [9.17, 15) is 4.79 Å². The predicted octanol–water partition coefficient (Wildman–Crippen LogP) is 3.52. The summed E-state index contributed by atoms with van der Waals surface area (Å²) in [5.74, 6) is -0.256. The molecule has 20 heavy (non-hydrogen) atoms. The van der Waals surface area contributed by atoms with Crippen molar-refractivity contribution in [1.29, 1.82) is 5.26 Å². The molecule has 98 valence electrons. The van der Waals surface area contributed by atoms with E-state index in [2.05, 4.69) is 5.32 Å². The summed E-state index contributed by atoms with van der Waals surface area (Å²) in [6.07, 6.45) is 3.20. The van der Waals surface area contributed by atoms with E-state index in [1.807, 2.05) is 37.3 Å². The third-order valence-corrected chi connectivity index (χ3v) is 2.81. The van der Waals surface area contributed by atoms with Gasteiger partial charge in [0.2, 0.25) is 5.91 Å². The fraction of sp³-hybridized carbons (Fsp3) is 0.0588. The molecule has 0 radical (unpaired) electrons. The number of benzene rings is 2. The average Bonchev–Trinajstić information content (AvgIpc) is 2.47. The van der Waals surface area contributed by atoms with E-state index in [-0.39, 0.29) is 5.91 Å². The molecule has 0 aromatic heterocycles. The highest BCUT2D eigenvalue weighted by Gasteiger charge is 2.02. The highest BCUT2D eigenvalue weighted by atomic mass is 16.1. The number of carbonyl (C=O) groups excluding carboxylic acids is 1. The van der Waals surface area contributed by atoms with Crippen molar-refractivity contribution >= 4 is 17.7 Å². The van der Waals surface area contributed by atoms with Gasteiger partial charge in [0.15, 0.2) is 0 Å². The molecule has 0 saturated carbocycles. The molecule has 0 saturated heterocycles. The lowest BCUT2D eigenvalue weighted by Gasteiger charge is -2.03. The Morgan fingerprint density at radius 3 is 2.55 bits per heavy atom. The van der Waals surface area contributed by atoms with Gasteiger partial charge in [0.1, 0.15) is 6.07 Å². The van der Waals surface area contributed by atoms with Crippen LogP contribution in [0.15, 0.2) is 54.6 Å². The SMILES string of the molecule is Cc1ccc(/C=C/C(=O)Nc2ccccc2C#N)cc1. The third-order valence-electron chi connectivity index (χ3n) is 2.81. The van der Waals surface area contributed by atoms with E-state index >= 15 is 0 Å². The molecule has 1 N–H and O–H groups in total. The smallest absolute Gasteiger partial charge is 0.248 e. The molecule has 3 heteroatoms. The van der Waals surface area contributed by atoms with Crippen molar-refractivity contribution in [3.8, 4) is 6.07 Å². The first-order valence-corrected chi connectivity index (χ1v) is 6.24. The summed E-state index contributed by atoms with van der Waals surface area (Å²) in [5.41, 5.74) is 3.10. The number of nitriles is 1. The summed E-state index contributed by atoms with van der Waals surface area (Å²) in [5, 5.41) is 11.6. The molecule has 0 aliphatic carbocycles. The predicted molar refractivity (Wildman–Crippen MR) is 80.0 cm³/mol. The molecule has 0 unspecified atom stereocenters. The Kier molecular flexibility index (Phi) is 4.31. The van der Waals surface area contributed by atoms with Crippen molar-refractivity contribution in [2.24, 2.45) is 0 Å². The van der Waals surface area contributed by atoms with Gasteiger partial charge in [-0.05, 0) is 30.7 Å². The molecule has 3 nitrogen and oxygen atoms in total. The minimum atomic E-state index is -0.256. The second kappa shape index (κ2) is 6.35. The molecule has 2 rings (SSSR count). The third kappa shape index (κ3) is 3.56. The van der Waals surface area contributed by atoms with E-state index in [1.54, 1.807) is 30.3 Å². The van der Waals surface area contributed by atoms with Crippen molar-refractivity contribution < 1.29 is 4.79 Å². The molecule has 0 spiro atoms. The first-order chi connectivity index (χ1) is 9.69. The molecular weight excluding hydrogens is 248 g/mol. The van der Waals surface area contributed by atoms with Crippen molar-refractivity contribution in [1.82, 2.24) is 0 Å². The van der Waals surface area contributed by atoms with Crippen LogP contribution in [0.4, 0.5) is 5.69 Å². The van der Waals surface area contributed by atoms with E-state index in [0.717, 1.165) is 5.56 Å². The maximum atomic E-state index is 11.8. The summed E-state index contributed by atoms with van der Waals surface area (Å²) in [6, 6.07) is 16.8. The Labute approximate surface area is 118 Å². The number of anilines is 1. The van der Waals surface area contributed by atoms with E-state index in [0.29, 0.717) is 11.3 Å². The molecule has 0 atom stereocenters. The number of nitrogens with one attached hydrogen (secondary N) is 1. The Balaban J connectivity index is 2.06. The van der Waals surface area contributed by atoms with Crippen molar-refractivity contribution in [2.45, 2.75) is 6.92 Å². The van der Waals surface area contributed by atoms with Crippen LogP contribution < -0.4 is 5.32 Å². The second-order valence-electron chi connectivity index (χ2n) is 4.39. The highest BCUT2D eigenvalue weighted by molar-refractivity contribution is 6.02. The molecule has 1 amide bonds. The first-order valence-electron chi connectivity index (χ1n) is 6.24. The lowest BCUT2D eigenvalue weighted by molar-refractivity contribution is -0.111. The Bertz CT molecular complexity index is 679. The summed E-state index contributed by atoms with van der Waals surface area (Å²) in [6.45, 7) is 2.01. The number of rotatable bonds is 3. The quantitative estimate of drug-likeness (QED) is 0.860.